The summed E-state index contributed by atoms with van der Waals surface area (Å²) in [5.74, 6) is 0.383. The summed E-state index contributed by atoms with van der Waals surface area (Å²) in [4.78, 5) is 4.51. The summed E-state index contributed by atoms with van der Waals surface area (Å²) in [6, 6.07) is 5.11. The second-order valence-electron chi connectivity index (χ2n) is 5.06. The maximum Gasteiger partial charge on any atom is 0.191 e. The molecule has 0 unspecified atom stereocenters. The van der Waals surface area contributed by atoms with Gasteiger partial charge < -0.3 is 15.7 Å². The van der Waals surface area contributed by atoms with Crippen LogP contribution < -0.4 is 10.6 Å². The molecule has 0 bridgehead atoms. The fraction of sp³-hybridized carbons (Fsp3) is 0.438. The van der Waals surface area contributed by atoms with Crippen LogP contribution in [0.15, 0.2) is 35.3 Å². The highest BCUT2D eigenvalue weighted by Gasteiger charge is 2.11. The number of nitrogens with zero attached hydrogens (tertiary/aromatic N) is 1. The molecule has 114 valence electrons. The summed E-state index contributed by atoms with van der Waals surface area (Å²) < 4.78 is 13.3. The van der Waals surface area contributed by atoms with Crippen molar-refractivity contribution < 1.29 is 9.50 Å². The molecular weight excluding hydrogens is 269 g/mol. The standard InChI is InChI=1S/C16H22FN3O/c1-2-18-16(20-14-5-3-4-6-14)19-10-12-7-8-15(17)13(9-12)11-21/h3-4,7-9,14,21H,2,5-6,10-11H2,1H3,(H2,18,19,20). The van der Waals surface area contributed by atoms with Gasteiger partial charge in [0.25, 0.3) is 0 Å². The molecule has 2 rings (SSSR count). The van der Waals surface area contributed by atoms with Crippen LogP contribution in [-0.2, 0) is 13.2 Å². The zero-order valence-corrected chi connectivity index (χ0v) is 12.3. The van der Waals surface area contributed by atoms with Gasteiger partial charge in [-0.25, -0.2) is 9.38 Å². The van der Waals surface area contributed by atoms with E-state index in [4.69, 9.17) is 5.11 Å². The molecule has 1 aromatic carbocycles. The van der Waals surface area contributed by atoms with Crippen molar-refractivity contribution in [3.63, 3.8) is 0 Å². The summed E-state index contributed by atoms with van der Waals surface area (Å²) in [5.41, 5.74) is 1.18. The van der Waals surface area contributed by atoms with Gasteiger partial charge in [0.2, 0.25) is 0 Å². The van der Waals surface area contributed by atoms with Gasteiger partial charge in [0, 0.05) is 18.2 Å². The Bertz CT molecular complexity index is 520. The van der Waals surface area contributed by atoms with Crippen molar-refractivity contribution in [2.24, 2.45) is 4.99 Å². The number of guanidine groups is 1. The summed E-state index contributed by atoms with van der Waals surface area (Å²) in [5, 5.41) is 15.7. The zero-order chi connectivity index (χ0) is 15.1. The summed E-state index contributed by atoms with van der Waals surface area (Å²) in [6.45, 7) is 2.96. The van der Waals surface area contributed by atoms with Crippen LogP contribution in [0.2, 0.25) is 0 Å². The highest BCUT2D eigenvalue weighted by Crippen LogP contribution is 2.12. The van der Waals surface area contributed by atoms with Crippen LogP contribution in [0.5, 0.6) is 0 Å². The third kappa shape index (κ3) is 4.56. The van der Waals surface area contributed by atoms with Gasteiger partial charge in [-0.3, -0.25) is 0 Å². The van der Waals surface area contributed by atoms with Gasteiger partial charge in [0.15, 0.2) is 5.96 Å². The lowest BCUT2D eigenvalue weighted by Crippen LogP contribution is -2.42. The van der Waals surface area contributed by atoms with E-state index in [1.54, 1.807) is 12.1 Å². The van der Waals surface area contributed by atoms with E-state index in [0.29, 0.717) is 18.2 Å². The molecule has 1 aromatic rings. The Morgan fingerprint density at radius 1 is 1.38 bits per heavy atom. The molecule has 1 aliphatic carbocycles. The molecular formula is C16H22FN3O. The van der Waals surface area contributed by atoms with Crippen molar-refractivity contribution in [1.29, 1.82) is 0 Å². The second kappa shape index (κ2) is 7.78. The Balaban J connectivity index is 2.00. The minimum atomic E-state index is -0.382. The lowest BCUT2D eigenvalue weighted by atomic mass is 10.1. The van der Waals surface area contributed by atoms with Gasteiger partial charge in [0.05, 0.1) is 13.2 Å². The minimum absolute atomic E-state index is 0.296. The van der Waals surface area contributed by atoms with Gasteiger partial charge in [-0.05, 0) is 37.5 Å². The second-order valence-corrected chi connectivity index (χ2v) is 5.06. The van der Waals surface area contributed by atoms with Gasteiger partial charge in [0.1, 0.15) is 5.82 Å². The van der Waals surface area contributed by atoms with Gasteiger partial charge in [-0.1, -0.05) is 18.2 Å². The number of rotatable bonds is 5. The van der Waals surface area contributed by atoms with Crippen LogP contribution in [0.25, 0.3) is 0 Å². The monoisotopic (exact) mass is 291 g/mol. The number of hydrogen-bond donors (Lipinski definition) is 3. The smallest absolute Gasteiger partial charge is 0.191 e. The maximum atomic E-state index is 13.3. The molecule has 0 saturated heterocycles. The molecule has 0 aliphatic heterocycles. The van der Waals surface area contributed by atoms with Crippen LogP contribution >= 0.6 is 0 Å². The molecule has 0 radical (unpaired) electrons. The van der Waals surface area contributed by atoms with Crippen molar-refractivity contribution in [3.05, 3.63) is 47.3 Å². The highest BCUT2D eigenvalue weighted by atomic mass is 19.1. The Morgan fingerprint density at radius 2 is 2.14 bits per heavy atom. The predicted molar refractivity (Wildman–Crippen MR) is 82.4 cm³/mol. The summed E-state index contributed by atoms with van der Waals surface area (Å²) in [6.07, 6.45) is 6.34. The molecule has 0 atom stereocenters. The molecule has 3 N–H and O–H groups in total. The van der Waals surface area contributed by atoms with E-state index in [1.165, 1.54) is 6.07 Å². The molecule has 0 saturated carbocycles. The van der Waals surface area contributed by atoms with Crippen molar-refractivity contribution in [1.82, 2.24) is 10.6 Å². The van der Waals surface area contributed by atoms with Gasteiger partial charge in [-0.15, -0.1) is 0 Å². The molecule has 1 aliphatic rings. The molecule has 5 heteroatoms. The zero-order valence-electron chi connectivity index (χ0n) is 12.3. The van der Waals surface area contributed by atoms with E-state index in [1.807, 2.05) is 6.92 Å². The molecule has 0 fully saturated rings. The van der Waals surface area contributed by atoms with Crippen molar-refractivity contribution in [3.8, 4) is 0 Å². The first kappa shape index (κ1) is 15.5. The molecule has 4 nitrogen and oxygen atoms in total. The van der Waals surface area contributed by atoms with Crippen molar-refractivity contribution in [2.45, 2.75) is 39.0 Å². The van der Waals surface area contributed by atoms with Crippen molar-refractivity contribution in [2.75, 3.05) is 6.54 Å². The van der Waals surface area contributed by atoms with Crippen molar-refractivity contribution >= 4 is 5.96 Å². The lowest BCUT2D eigenvalue weighted by Gasteiger charge is -2.16. The van der Waals surface area contributed by atoms with Crippen LogP contribution in [-0.4, -0.2) is 23.7 Å². The largest absolute Gasteiger partial charge is 0.392 e. The van der Waals surface area contributed by atoms with E-state index >= 15 is 0 Å². The van der Waals surface area contributed by atoms with Crippen LogP contribution in [0, 0.1) is 5.82 Å². The maximum absolute atomic E-state index is 13.3. The number of nitrogens with one attached hydrogen (secondary N) is 2. The highest BCUT2D eigenvalue weighted by molar-refractivity contribution is 5.80. The van der Waals surface area contributed by atoms with E-state index in [-0.39, 0.29) is 12.4 Å². The Hall–Kier alpha value is -1.88. The van der Waals surface area contributed by atoms with Crippen LogP contribution in [0.4, 0.5) is 4.39 Å². The number of hydrogen-bond acceptors (Lipinski definition) is 2. The average Bonchev–Trinajstić information content (AvgIpc) is 2.99. The Kier molecular flexibility index (Phi) is 5.75. The Labute approximate surface area is 124 Å². The minimum Gasteiger partial charge on any atom is -0.392 e. The fourth-order valence-corrected chi connectivity index (χ4v) is 2.27. The summed E-state index contributed by atoms with van der Waals surface area (Å²) in [7, 11) is 0. The number of aliphatic imine (C=N–C) groups is 1. The average molecular weight is 291 g/mol. The van der Waals surface area contributed by atoms with E-state index in [0.717, 1.165) is 30.9 Å². The molecule has 0 amide bonds. The molecule has 0 aromatic heterocycles. The normalized spacial score (nSPS) is 15.5. The van der Waals surface area contributed by atoms with E-state index < -0.39 is 0 Å². The third-order valence-electron chi connectivity index (χ3n) is 3.39. The van der Waals surface area contributed by atoms with E-state index in [9.17, 15) is 4.39 Å². The van der Waals surface area contributed by atoms with E-state index in [2.05, 4.69) is 27.8 Å². The lowest BCUT2D eigenvalue weighted by molar-refractivity contribution is 0.275. The summed E-state index contributed by atoms with van der Waals surface area (Å²) >= 11 is 0. The fourth-order valence-electron chi connectivity index (χ4n) is 2.27. The number of aliphatic hydroxyl groups is 1. The predicted octanol–water partition coefficient (Wildman–Crippen LogP) is 2.09. The topological polar surface area (TPSA) is 56.7 Å². The SMILES string of the molecule is CCNC(=NCc1ccc(F)c(CO)c1)NC1CC=CC1. The number of halogens is 1. The number of aliphatic hydroxyl groups excluding tert-OH is 1. The first-order chi connectivity index (χ1) is 10.2. The first-order valence-corrected chi connectivity index (χ1v) is 7.31. The quantitative estimate of drug-likeness (QED) is 0.442. The van der Waals surface area contributed by atoms with Gasteiger partial charge >= 0.3 is 0 Å². The molecule has 0 heterocycles. The molecule has 0 spiro atoms. The molecule has 21 heavy (non-hydrogen) atoms. The third-order valence-corrected chi connectivity index (χ3v) is 3.39. The van der Waals surface area contributed by atoms with Crippen LogP contribution in [0.3, 0.4) is 0 Å². The first-order valence-electron chi connectivity index (χ1n) is 7.31. The van der Waals surface area contributed by atoms with Crippen LogP contribution in [0.1, 0.15) is 30.9 Å². The Morgan fingerprint density at radius 3 is 2.81 bits per heavy atom. The van der Waals surface area contributed by atoms with Gasteiger partial charge in [-0.2, -0.15) is 0 Å². The number of benzene rings is 1.